The van der Waals surface area contributed by atoms with Crippen LogP contribution in [-0.2, 0) is 22.5 Å². The van der Waals surface area contributed by atoms with Gasteiger partial charge >= 0.3 is 5.97 Å². The van der Waals surface area contributed by atoms with Gasteiger partial charge in [-0.2, -0.15) is 0 Å². The molecule has 4 rings (SSSR count). The van der Waals surface area contributed by atoms with E-state index in [0.29, 0.717) is 18.4 Å². The maximum absolute atomic E-state index is 13.1. The van der Waals surface area contributed by atoms with Crippen LogP contribution < -0.4 is 5.73 Å². The number of hydrogen-bond acceptors (Lipinski definition) is 4. The fourth-order valence-electron chi connectivity index (χ4n) is 4.42. The molecule has 0 bridgehead atoms. The summed E-state index contributed by atoms with van der Waals surface area (Å²) >= 11 is 0. The standard InChI is InChI=1S/C27H27FN2O3/c1-30(2)16-17-3-13-23-21(15-17)10-14-24(25(23)26(29)31)33-27(32)20-6-4-18(5-7-20)19-8-11-22(28)12-9-19/h3-9,11-13,15,24-25H,10,14,16H2,1-2H3,(H2,29,31). The number of nitrogens with zero attached hydrogens (tertiary/aromatic N) is 1. The molecule has 1 amide bonds. The lowest BCUT2D eigenvalue weighted by atomic mass is 9.79. The number of rotatable bonds is 6. The Bertz CT molecular complexity index is 1160. The summed E-state index contributed by atoms with van der Waals surface area (Å²) in [6.45, 7) is 0.806. The number of nitrogens with two attached hydrogens (primary N) is 1. The monoisotopic (exact) mass is 446 g/mol. The van der Waals surface area contributed by atoms with Gasteiger partial charge in [0.2, 0.25) is 5.91 Å². The highest BCUT2D eigenvalue weighted by atomic mass is 19.1. The zero-order chi connectivity index (χ0) is 23.5. The van der Waals surface area contributed by atoms with E-state index < -0.39 is 23.9 Å². The van der Waals surface area contributed by atoms with Gasteiger partial charge in [-0.15, -0.1) is 0 Å². The Balaban J connectivity index is 1.50. The summed E-state index contributed by atoms with van der Waals surface area (Å²) in [5, 5.41) is 0. The highest BCUT2D eigenvalue weighted by molar-refractivity contribution is 5.91. The normalized spacial score (nSPS) is 17.5. The van der Waals surface area contributed by atoms with E-state index >= 15 is 0 Å². The molecular formula is C27H27FN2O3. The number of primary amides is 1. The topological polar surface area (TPSA) is 72.6 Å². The fraction of sp³-hybridized carbons (Fsp3) is 0.259. The molecule has 1 aliphatic rings. The third-order valence-corrected chi connectivity index (χ3v) is 5.97. The summed E-state index contributed by atoms with van der Waals surface area (Å²) in [6, 6.07) is 19.1. The van der Waals surface area contributed by atoms with Crippen molar-refractivity contribution in [2.24, 2.45) is 5.73 Å². The molecule has 1 aliphatic carbocycles. The van der Waals surface area contributed by atoms with Crippen molar-refractivity contribution >= 4 is 11.9 Å². The molecule has 0 aliphatic heterocycles. The number of amides is 1. The number of carbonyl (C=O) groups is 2. The molecule has 0 saturated carbocycles. The molecule has 3 aromatic carbocycles. The summed E-state index contributed by atoms with van der Waals surface area (Å²) in [5.74, 6) is -1.97. The molecule has 0 aromatic heterocycles. The van der Waals surface area contributed by atoms with Crippen LogP contribution in [0.4, 0.5) is 4.39 Å². The second-order valence-electron chi connectivity index (χ2n) is 8.72. The minimum Gasteiger partial charge on any atom is -0.458 e. The largest absolute Gasteiger partial charge is 0.458 e. The lowest BCUT2D eigenvalue weighted by Gasteiger charge is -2.31. The van der Waals surface area contributed by atoms with Crippen LogP contribution in [0.5, 0.6) is 0 Å². The molecule has 0 heterocycles. The number of ether oxygens (including phenoxy) is 1. The minimum absolute atomic E-state index is 0.300. The van der Waals surface area contributed by atoms with E-state index in [1.165, 1.54) is 17.7 Å². The van der Waals surface area contributed by atoms with Crippen LogP contribution in [0, 0.1) is 5.82 Å². The molecule has 170 valence electrons. The highest BCUT2D eigenvalue weighted by Gasteiger charge is 2.36. The van der Waals surface area contributed by atoms with Crippen LogP contribution in [0.1, 0.15) is 39.4 Å². The SMILES string of the molecule is CN(C)Cc1ccc2c(c1)CCC(OC(=O)c1ccc(-c3ccc(F)cc3)cc1)C2C(N)=O. The van der Waals surface area contributed by atoms with Crippen LogP contribution in [0.2, 0.25) is 0 Å². The first-order valence-corrected chi connectivity index (χ1v) is 10.9. The van der Waals surface area contributed by atoms with Crippen molar-refractivity contribution in [3.05, 3.63) is 94.8 Å². The van der Waals surface area contributed by atoms with Gasteiger partial charge in [0.25, 0.3) is 0 Å². The first-order chi connectivity index (χ1) is 15.8. The van der Waals surface area contributed by atoms with Crippen molar-refractivity contribution in [2.45, 2.75) is 31.4 Å². The number of benzene rings is 3. The third-order valence-electron chi connectivity index (χ3n) is 5.97. The summed E-state index contributed by atoms with van der Waals surface area (Å²) in [6.07, 6.45) is 0.631. The third kappa shape index (κ3) is 5.12. The average molecular weight is 447 g/mol. The van der Waals surface area contributed by atoms with Crippen LogP contribution in [0.25, 0.3) is 11.1 Å². The summed E-state index contributed by atoms with van der Waals surface area (Å²) in [5.41, 5.74) is 10.9. The molecule has 5 nitrogen and oxygen atoms in total. The molecule has 0 radical (unpaired) electrons. The fourth-order valence-corrected chi connectivity index (χ4v) is 4.42. The van der Waals surface area contributed by atoms with Crippen LogP contribution in [-0.4, -0.2) is 37.0 Å². The van der Waals surface area contributed by atoms with E-state index in [9.17, 15) is 14.0 Å². The summed E-state index contributed by atoms with van der Waals surface area (Å²) in [4.78, 5) is 27.2. The van der Waals surface area contributed by atoms with Crippen LogP contribution >= 0.6 is 0 Å². The average Bonchev–Trinajstić information content (AvgIpc) is 2.79. The van der Waals surface area contributed by atoms with Gasteiger partial charge in [-0.1, -0.05) is 42.5 Å². The molecule has 2 unspecified atom stereocenters. The number of halogens is 1. The second kappa shape index (κ2) is 9.55. The Morgan fingerprint density at radius 1 is 1.00 bits per heavy atom. The zero-order valence-electron chi connectivity index (χ0n) is 18.8. The van der Waals surface area contributed by atoms with Crippen molar-refractivity contribution in [3.63, 3.8) is 0 Å². The van der Waals surface area contributed by atoms with Gasteiger partial charge in [-0.3, -0.25) is 4.79 Å². The molecule has 33 heavy (non-hydrogen) atoms. The summed E-state index contributed by atoms with van der Waals surface area (Å²) < 4.78 is 18.9. The van der Waals surface area contributed by atoms with Crippen molar-refractivity contribution in [1.82, 2.24) is 4.90 Å². The zero-order valence-corrected chi connectivity index (χ0v) is 18.8. The first-order valence-electron chi connectivity index (χ1n) is 10.9. The Morgan fingerprint density at radius 3 is 2.24 bits per heavy atom. The molecular weight excluding hydrogens is 419 g/mol. The van der Waals surface area contributed by atoms with Gasteiger partial charge < -0.3 is 15.4 Å². The molecule has 3 aromatic rings. The Morgan fingerprint density at radius 2 is 1.64 bits per heavy atom. The maximum Gasteiger partial charge on any atom is 0.338 e. The van der Waals surface area contributed by atoms with Gasteiger partial charge in [-0.05, 0) is 79.0 Å². The Labute approximate surface area is 193 Å². The van der Waals surface area contributed by atoms with E-state index in [0.717, 1.165) is 28.8 Å². The number of hydrogen-bond donors (Lipinski definition) is 1. The highest BCUT2D eigenvalue weighted by Crippen LogP contribution is 2.35. The first kappa shape index (κ1) is 22.7. The van der Waals surface area contributed by atoms with E-state index in [2.05, 4.69) is 11.0 Å². The predicted octanol–water partition coefficient (Wildman–Crippen LogP) is 4.30. The Kier molecular flexibility index (Phi) is 6.56. The van der Waals surface area contributed by atoms with E-state index in [1.807, 2.05) is 26.2 Å². The maximum atomic E-state index is 13.1. The van der Waals surface area contributed by atoms with Crippen molar-refractivity contribution < 1.29 is 18.7 Å². The summed E-state index contributed by atoms with van der Waals surface area (Å²) in [7, 11) is 4.01. The lowest BCUT2D eigenvalue weighted by molar-refractivity contribution is -0.122. The minimum atomic E-state index is -0.676. The molecule has 0 spiro atoms. The smallest absolute Gasteiger partial charge is 0.338 e. The van der Waals surface area contributed by atoms with E-state index in [-0.39, 0.29) is 5.82 Å². The number of aryl methyl sites for hydroxylation is 1. The van der Waals surface area contributed by atoms with Gasteiger partial charge in [-0.25, -0.2) is 9.18 Å². The predicted molar refractivity (Wildman–Crippen MR) is 125 cm³/mol. The van der Waals surface area contributed by atoms with E-state index in [4.69, 9.17) is 10.5 Å². The van der Waals surface area contributed by atoms with Crippen molar-refractivity contribution in [1.29, 1.82) is 0 Å². The number of fused-ring (bicyclic) bond motifs is 1. The molecule has 0 saturated heterocycles. The van der Waals surface area contributed by atoms with Gasteiger partial charge in [0, 0.05) is 6.54 Å². The number of carbonyl (C=O) groups excluding carboxylic acids is 2. The van der Waals surface area contributed by atoms with Crippen LogP contribution in [0.3, 0.4) is 0 Å². The quantitative estimate of drug-likeness (QED) is 0.573. The Hall–Kier alpha value is -3.51. The van der Waals surface area contributed by atoms with Crippen molar-refractivity contribution in [2.75, 3.05) is 14.1 Å². The number of esters is 1. The lowest BCUT2D eigenvalue weighted by Crippen LogP contribution is -2.38. The van der Waals surface area contributed by atoms with Crippen LogP contribution in [0.15, 0.2) is 66.7 Å². The second-order valence-corrected chi connectivity index (χ2v) is 8.72. The van der Waals surface area contributed by atoms with Gasteiger partial charge in [0.05, 0.1) is 11.5 Å². The molecule has 6 heteroatoms. The molecule has 0 fully saturated rings. The van der Waals surface area contributed by atoms with Gasteiger partial charge in [0.1, 0.15) is 11.9 Å². The van der Waals surface area contributed by atoms with E-state index in [1.54, 1.807) is 36.4 Å². The molecule has 2 N–H and O–H groups in total. The van der Waals surface area contributed by atoms with Crippen molar-refractivity contribution in [3.8, 4) is 11.1 Å². The molecule has 2 atom stereocenters. The van der Waals surface area contributed by atoms with Gasteiger partial charge in [0.15, 0.2) is 0 Å².